The number of rotatable bonds is 4. The van der Waals surface area contributed by atoms with E-state index < -0.39 is 0 Å². The molecule has 0 spiro atoms. The zero-order valence-electron chi connectivity index (χ0n) is 12.3. The first kappa shape index (κ1) is 13.8. The molecule has 5 nitrogen and oxygen atoms in total. The van der Waals surface area contributed by atoms with E-state index in [0.29, 0.717) is 13.2 Å². The average molecular weight is 285 g/mol. The zero-order valence-corrected chi connectivity index (χ0v) is 12.3. The van der Waals surface area contributed by atoms with Gasteiger partial charge in [0.1, 0.15) is 13.2 Å². The maximum absolute atomic E-state index is 5.60. The molecule has 0 bridgehead atoms. The molecule has 21 heavy (non-hydrogen) atoms. The van der Waals surface area contributed by atoms with Crippen molar-refractivity contribution in [3.63, 3.8) is 0 Å². The Balaban J connectivity index is 1.66. The van der Waals surface area contributed by atoms with Crippen molar-refractivity contribution in [3.05, 3.63) is 47.5 Å². The summed E-state index contributed by atoms with van der Waals surface area (Å²) in [6.45, 7) is 6.04. The van der Waals surface area contributed by atoms with Crippen LogP contribution in [0.25, 0.3) is 0 Å². The predicted octanol–water partition coefficient (Wildman–Crippen LogP) is 2.41. The average Bonchev–Trinajstić information content (AvgIpc) is 2.53. The normalized spacial score (nSPS) is 14.8. The number of nitrogens with one attached hydrogen (secondary N) is 1. The molecule has 1 unspecified atom stereocenters. The minimum Gasteiger partial charge on any atom is -0.486 e. The fourth-order valence-corrected chi connectivity index (χ4v) is 2.41. The topological polar surface area (TPSA) is 56.3 Å². The lowest BCUT2D eigenvalue weighted by molar-refractivity contribution is 0.171. The molecule has 0 aliphatic carbocycles. The molecule has 0 fully saturated rings. The first-order valence-electron chi connectivity index (χ1n) is 7.13. The second-order valence-corrected chi connectivity index (χ2v) is 5.11. The summed E-state index contributed by atoms with van der Waals surface area (Å²) in [6, 6.07) is 6.19. The maximum atomic E-state index is 5.60. The van der Waals surface area contributed by atoms with Gasteiger partial charge in [-0.1, -0.05) is 6.07 Å². The number of aromatic nitrogens is 2. The molecule has 1 aliphatic rings. The van der Waals surface area contributed by atoms with Crippen molar-refractivity contribution in [3.8, 4) is 11.5 Å². The minimum atomic E-state index is 0.145. The van der Waals surface area contributed by atoms with Crippen molar-refractivity contribution in [1.82, 2.24) is 15.3 Å². The van der Waals surface area contributed by atoms with E-state index in [1.165, 1.54) is 0 Å². The van der Waals surface area contributed by atoms with Gasteiger partial charge in [-0.2, -0.15) is 0 Å². The van der Waals surface area contributed by atoms with Gasteiger partial charge in [0.05, 0.1) is 11.4 Å². The Morgan fingerprint density at radius 2 is 1.90 bits per heavy atom. The summed E-state index contributed by atoms with van der Waals surface area (Å²) in [4.78, 5) is 8.66. The Morgan fingerprint density at radius 1 is 1.14 bits per heavy atom. The number of aryl methyl sites for hydroxylation is 1. The number of nitrogens with zero attached hydrogens (tertiary/aromatic N) is 2. The molecule has 1 aliphatic heterocycles. The fraction of sp³-hybridized carbons (Fsp3) is 0.375. The summed E-state index contributed by atoms with van der Waals surface area (Å²) in [7, 11) is 0. The Kier molecular flexibility index (Phi) is 4.01. The third kappa shape index (κ3) is 3.13. The monoisotopic (exact) mass is 285 g/mol. The van der Waals surface area contributed by atoms with Gasteiger partial charge in [-0.15, -0.1) is 0 Å². The second kappa shape index (κ2) is 6.10. The van der Waals surface area contributed by atoms with Crippen LogP contribution in [0.15, 0.2) is 30.6 Å². The molecule has 1 atom stereocenters. The second-order valence-electron chi connectivity index (χ2n) is 5.11. The van der Waals surface area contributed by atoms with Crippen LogP contribution in [0.4, 0.5) is 0 Å². The maximum Gasteiger partial charge on any atom is 0.161 e. The molecule has 1 aromatic heterocycles. The van der Waals surface area contributed by atoms with Crippen LogP contribution in [0.1, 0.15) is 29.9 Å². The van der Waals surface area contributed by atoms with E-state index in [1.54, 1.807) is 12.4 Å². The van der Waals surface area contributed by atoms with Crippen molar-refractivity contribution >= 4 is 0 Å². The van der Waals surface area contributed by atoms with Crippen LogP contribution in [0.2, 0.25) is 0 Å². The van der Waals surface area contributed by atoms with Crippen molar-refractivity contribution in [2.75, 3.05) is 13.2 Å². The lowest BCUT2D eigenvalue weighted by Gasteiger charge is -2.19. The number of hydrogen-bond donors (Lipinski definition) is 1. The molecule has 1 N–H and O–H groups in total. The van der Waals surface area contributed by atoms with Crippen LogP contribution in [0.3, 0.4) is 0 Å². The van der Waals surface area contributed by atoms with Gasteiger partial charge in [0.2, 0.25) is 0 Å². The zero-order chi connectivity index (χ0) is 14.7. The number of benzene rings is 1. The van der Waals surface area contributed by atoms with Crippen LogP contribution in [0, 0.1) is 6.92 Å². The molecular weight excluding hydrogens is 266 g/mol. The Hall–Kier alpha value is -2.14. The molecule has 2 aromatic rings. The molecular formula is C16H19N3O2. The van der Waals surface area contributed by atoms with Gasteiger partial charge >= 0.3 is 0 Å². The fourth-order valence-electron chi connectivity index (χ4n) is 2.41. The van der Waals surface area contributed by atoms with E-state index in [0.717, 1.165) is 35.0 Å². The molecule has 2 heterocycles. The predicted molar refractivity (Wildman–Crippen MR) is 79.5 cm³/mol. The summed E-state index contributed by atoms with van der Waals surface area (Å²) in [5, 5.41) is 3.46. The van der Waals surface area contributed by atoms with E-state index in [9.17, 15) is 0 Å². The molecule has 0 amide bonds. The Labute approximate surface area is 124 Å². The van der Waals surface area contributed by atoms with E-state index in [4.69, 9.17) is 9.47 Å². The highest BCUT2D eigenvalue weighted by molar-refractivity contribution is 5.43. The third-order valence-corrected chi connectivity index (χ3v) is 3.55. The molecule has 0 saturated carbocycles. The summed E-state index contributed by atoms with van der Waals surface area (Å²) < 4.78 is 11.1. The van der Waals surface area contributed by atoms with E-state index in [-0.39, 0.29) is 6.04 Å². The SMILES string of the molecule is Cc1nccnc1C(C)NCc1ccc2c(c1)OCCO2. The highest BCUT2D eigenvalue weighted by Gasteiger charge is 2.13. The van der Waals surface area contributed by atoms with Crippen LogP contribution in [-0.2, 0) is 6.54 Å². The van der Waals surface area contributed by atoms with Gasteiger partial charge in [-0.05, 0) is 31.5 Å². The van der Waals surface area contributed by atoms with E-state index in [2.05, 4.69) is 28.3 Å². The van der Waals surface area contributed by atoms with Gasteiger partial charge in [-0.25, -0.2) is 0 Å². The van der Waals surface area contributed by atoms with Crippen molar-refractivity contribution in [2.45, 2.75) is 26.4 Å². The lowest BCUT2D eigenvalue weighted by Crippen LogP contribution is -2.21. The van der Waals surface area contributed by atoms with Gasteiger partial charge in [0.15, 0.2) is 11.5 Å². The summed E-state index contributed by atoms with van der Waals surface area (Å²) in [6.07, 6.45) is 3.44. The molecule has 1 aromatic carbocycles. The van der Waals surface area contributed by atoms with Crippen molar-refractivity contribution in [1.29, 1.82) is 0 Å². The Bertz CT molecular complexity index is 631. The smallest absolute Gasteiger partial charge is 0.161 e. The first-order chi connectivity index (χ1) is 10.2. The minimum absolute atomic E-state index is 0.145. The molecule has 0 saturated heterocycles. The molecule has 0 radical (unpaired) electrons. The van der Waals surface area contributed by atoms with Crippen molar-refractivity contribution in [2.24, 2.45) is 0 Å². The van der Waals surface area contributed by atoms with Crippen LogP contribution < -0.4 is 14.8 Å². The largest absolute Gasteiger partial charge is 0.486 e. The third-order valence-electron chi connectivity index (χ3n) is 3.55. The lowest BCUT2D eigenvalue weighted by atomic mass is 10.1. The summed E-state index contributed by atoms with van der Waals surface area (Å²) in [5.41, 5.74) is 3.10. The number of hydrogen-bond acceptors (Lipinski definition) is 5. The van der Waals surface area contributed by atoms with Crippen LogP contribution >= 0.6 is 0 Å². The molecule has 3 rings (SSSR count). The standard InChI is InChI=1S/C16H19N3O2/c1-11-16(18-6-5-17-11)12(2)19-10-13-3-4-14-15(9-13)21-8-7-20-14/h3-6,9,12,19H,7-8,10H2,1-2H3. The number of ether oxygens (including phenoxy) is 2. The molecule has 5 heteroatoms. The van der Waals surface area contributed by atoms with Gasteiger partial charge in [0.25, 0.3) is 0 Å². The van der Waals surface area contributed by atoms with Crippen molar-refractivity contribution < 1.29 is 9.47 Å². The highest BCUT2D eigenvalue weighted by Crippen LogP contribution is 2.30. The first-order valence-corrected chi connectivity index (χ1v) is 7.13. The van der Waals surface area contributed by atoms with Gasteiger partial charge in [0, 0.05) is 25.0 Å². The van der Waals surface area contributed by atoms with E-state index >= 15 is 0 Å². The van der Waals surface area contributed by atoms with Crippen LogP contribution in [0.5, 0.6) is 11.5 Å². The van der Waals surface area contributed by atoms with Gasteiger partial charge < -0.3 is 14.8 Å². The van der Waals surface area contributed by atoms with E-state index in [1.807, 2.05) is 19.1 Å². The number of fused-ring (bicyclic) bond motifs is 1. The molecule has 110 valence electrons. The van der Waals surface area contributed by atoms with Crippen LogP contribution in [-0.4, -0.2) is 23.2 Å². The Morgan fingerprint density at radius 3 is 2.71 bits per heavy atom. The summed E-state index contributed by atoms with van der Waals surface area (Å²) >= 11 is 0. The highest BCUT2D eigenvalue weighted by atomic mass is 16.6. The van der Waals surface area contributed by atoms with Gasteiger partial charge in [-0.3, -0.25) is 9.97 Å². The quantitative estimate of drug-likeness (QED) is 0.935. The summed E-state index contributed by atoms with van der Waals surface area (Å²) in [5.74, 6) is 1.65.